The van der Waals surface area contributed by atoms with E-state index >= 15 is 0 Å². The molecule has 1 aromatic rings. The number of fused-ring (bicyclic) bond motifs is 1. The summed E-state index contributed by atoms with van der Waals surface area (Å²) >= 11 is 0. The Hall–Kier alpha value is -1.33. The fourth-order valence-electron chi connectivity index (χ4n) is 2.77. The predicted molar refractivity (Wildman–Crippen MR) is 70.2 cm³/mol. The first kappa shape index (κ1) is 12.7. The van der Waals surface area contributed by atoms with E-state index in [0.717, 1.165) is 51.6 Å². The van der Waals surface area contributed by atoms with Crippen molar-refractivity contribution in [3.05, 3.63) is 23.7 Å². The van der Waals surface area contributed by atoms with Crippen LogP contribution in [0.5, 0.6) is 0 Å². The van der Waals surface area contributed by atoms with E-state index in [1.165, 1.54) is 0 Å². The zero-order chi connectivity index (χ0) is 13.2. The van der Waals surface area contributed by atoms with Crippen molar-refractivity contribution in [2.24, 2.45) is 0 Å². The summed E-state index contributed by atoms with van der Waals surface area (Å²) in [6.45, 7) is 6.98. The Bertz CT molecular complexity index is 457. The van der Waals surface area contributed by atoms with Crippen LogP contribution in [-0.2, 0) is 11.2 Å². The Morgan fingerprint density at radius 3 is 3.05 bits per heavy atom. The topological polar surface area (TPSA) is 45.9 Å². The van der Waals surface area contributed by atoms with Crippen LogP contribution in [-0.4, -0.2) is 61.1 Å². The number of piperazine rings is 1. The first-order chi connectivity index (χ1) is 9.28. The third-order valence-electron chi connectivity index (χ3n) is 3.95. The van der Waals surface area contributed by atoms with Gasteiger partial charge in [0.05, 0.1) is 19.3 Å². The highest BCUT2D eigenvalue weighted by Crippen LogP contribution is 2.17. The van der Waals surface area contributed by atoms with E-state index in [4.69, 9.17) is 9.15 Å². The molecular weight excluding hydrogens is 244 g/mol. The molecule has 0 saturated carbocycles. The van der Waals surface area contributed by atoms with Crippen molar-refractivity contribution < 1.29 is 13.9 Å². The predicted octanol–water partition coefficient (Wildman–Crippen LogP) is 0.999. The number of morpholine rings is 1. The highest BCUT2D eigenvalue weighted by molar-refractivity contribution is 5.91. The summed E-state index contributed by atoms with van der Waals surface area (Å²) in [6.07, 6.45) is 0.817. The Morgan fingerprint density at radius 2 is 2.26 bits per heavy atom. The van der Waals surface area contributed by atoms with E-state index in [0.29, 0.717) is 11.8 Å². The highest BCUT2D eigenvalue weighted by Gasteiger charge is 2.32. The number of carbonyl (C=O) groups is 1. The number of aryl methyl sites for hydroxylation is 1. The zero-order valence-electron chi connectivity index (χ0n) is 11.3. The van der Waals surface area contributed by atoms with Crippen molar-refractivity contribution in [3.8, 4) is 0 Å². The number of hydrogen-bond donors (Lipinski definition) is 0. The van der Waals surface area contributed by atoms with Crippen molar-refractivity contribution in [3.63, 3.8) is 0 Å². The standard InChI is InChI=1S/C14H20N2O3/c1-2-12-3-4-13(19-12)14(17)16-6-5-15-7-8-18-10-11(15)9-16/h3-4,11H,2,5-10H2,1H3. The smallest absolute Gasteiger partial charge is 0.289 e. The molecule has 0 aliphatic carbocycles. The summed E-state index contributed by atoms with van der Waals surface area (Å²) in [6, 6.07) is 4.00. The van der Waals surface area contributed by atoms with Crippen LogP contribution in [0.25, 0.3) is 0 Å². The van der Waals surface area contributed by atoms with Crippen molar-refractivity contribution >= 4 is 5.91 Å². The van der Waals surface area contributed by atoms with Crippen LogP contribution in [0.2, 0.25) is 0 Å². The van der Waals surface area contributed by atoms with Crippen LogP contribution >= 0.6 is 0 Å². The van der Waals surface area contributed by atoms with E-state index < -0.39 is 0 Å². The molecule has 2 aliphatic rings. The summed E-state index contributed by atoms with van der Waals surface area (Å²) < 4.78 is 11.0. The van der Waals surface area contributed by atoms with Crippen LogP contribution < -0.4 is 0 Å². The fourth-order valence-corrected chi connectivity index (χ4v) is 2.77. The number of carbonyl (C=O) groups excluding carboxylic acids is 1. The first-order valence-corrected chi connectivity index (χ1v) is 6.97. The molecule has 2 saturated heterocycles. The van der Waals surface area contributed by atoms with Crippen LogP contribution in [0.4, 0.5) is 0 Å². The highest BCUT2D eigenvalue weighted by atomic mass is 16.5. The third kappa shape index (κ3) is 2.53. The van der Waals surface area contributed by atoms with Gasteiger partial charge < -0.3 is 14.1 Å². The lowest BCUT2D eigenvalue weighted by Crippen LogP contribution is -2.59. The molecule has 104 valence electrons. The summed E-state index contributed by atoms with van der Waals surface area (Å²) in [5, 5.41) is 0. The molecular formula is C14H20N2O3. The minimum Gasteiger partial charge on any atom is -0.456 e. The third-order valence-corrected chi connectivity index (χ3v) is 3.95. The van der Waals surface area contributed by atoms with Crippen LogP contribution in [0.3, 0.4) is 0 Å². The second-order valence-electron chi connectivity index (χ2n) is 5.14. The van der Waals surface area contributed by atoms with Crippen molar-refractivity contribution in [2.75, 3.05) is 39.4 Å². The Kier molecular flexibility index (Phi) is 3.57. The fraction of sp³-hybridized carbons (Fsp3) is 0.643. The number of rotatable bonds is 2. The van der Waals surface area contributed by atoms with Gasteiger partial charge in [0.25, 0.3) is 5.91 Å². The van der Waals surface area contributed by atoms with Crippen LogP contribution in [0.15, 0.2) is 16.5 Å². The van der Waals surface area contributed by atoms with Crippen LogP contribution in [0.1, 0.15) is 23.2 Å². The van der Waals surface area contributed by atoms with Crippen molar-refractivity contribution in [2.45, 2.75) is 19.4 Å². The summed E-state index contributed by atoms with van der Waals surface area (Å²) in [4.78, 5) is 16.7. The molecule has 0 spiro atoms. The van der Waals surface area contributed by atoms with Crippen LogP contribution in [0, 0.1) is 0 Å². The van der Waals surface area contributed by atoms with Gasteiger partial charge in [0.1, 0.15) is 5.76 Å². The van der Waals surface area contributed by atoms with Gasteiger partial charge in [0.2, 0.25) is 0 Å². The molecule has 2 fully saturated rings. The second kappa shape index (κ2) is 5.35. The molecule has 1 atom stereocenters. The average Bonchev–Trinajstić information content (AvgIpc) is 2.95. The molecule has 5 heteroatoms. The molecule has 2 aliphatic heterocycles. The van der Waals surface area contributed by atoms with Crippen molar-refractivity contribution in [1.82, 2.24) is 9.80 Å². The number of amides is 1. The van der Waals surface area contributed by atoms with Gasteiger partial charge in [-0.05, 0) is 12.1 Å². The maximum absolute atomic E-state index is 12.4. The SMILES string of the molecule is CCc1ccc(C(=O)N2CCN3CCOCC3C2)o1. The summed E-state index contributed by atoms with van der Waals surface area (Å²) in [5.41, 5.74) is 0. The molecule has 19 heavy (non-hydrogen) atoms. The maximum Gasteiger partial charge on any atom is 0.289 e. The normalized spacial score (nSPS) is 24.3. The molecule has 1 aromatic heterocycles. The van der Waals surface area contributed by atoms with Gasteiger partial charge in [-0.25, -0.2) is 0 Å². The molecule has 0 N–H and O–H groups in total. The largest absolute Gasteiger partial charge is 0.456 e. The van der Waals surface area contributed by atoms with Gasteiger partial charge in [-0.1, -0.05) is 6.92 Å². The summed E-state index contributed by atoms with van der Waals surface area (Å²) in [7, 11) is 0. The zero-order valence-corrected chi connectivity index (χ0v) is 11.3. The van der Waals surface area contributed by atoms with Gasteiger partial charge in [-0.15, -0.1) is 0 Å². The van der Waals surface area contributed by atoms with E-state index in [1.807, 2.05) is 17.9 Å². The van der Waals surface area contributed by atoms with E-state index in [-0.39, 0.29) is 5.91 Å². The van der Waals surface area contributed by atoms with E-state index in [1.54, 1.807) is 6.07 Å². The van der Waals surface area contributed by atoms with Gasteiger partial charge in [-0.3, -0.25) is 9.69 Å². The molecule has 3 heterocycles. The Labute approximate surface area is 113 Å². The molecule has 0 aromatic carbocycles. The Balaban J connectivity index is 1.67. The monoisotopic (exact) mass is 264 g/mol. The molecule has 1 amide bonds. The van der Waals surface area contributed by atoms with Crippen molar-refractivity contribution in [1.29, 1.82) is 0 Å². The number of ether oxygens (including phenoxy) is 1. The Morgan fingerprint density at radius 1 is 1.37 bits per heavy atom. The second-order valence-corrected chi connectivity index (χ2v) is 5.14. The average molecular weight is 264 g/mol. The lowest BCUT2D eigenvalue weighted by Gasteiger charge is -2.43. The van der Waals surface area contributed by atoms with E-state index in [9.17, 15) is 4.79 Å². The molecule has 1 unspecified atom stereocenters. The number of nitrogens with zero attached hydrogens (tertiary/aromatic N) is 2. The lowest BCUT2D eigenvalue weighted by molar-refractivity contribution is -0.0399. The first-order valence-electron chi connectivity index (χ1n) is 6.97. The quantitative estimate of drug-likeness (QED) is 0.799. The summed E-state index contributed by atoms with van der Waals surface area (Å²) in [5.74, 6) is 1.33. The number of hydrogen-bond acceptors (Lipinski definition) is 4. The molecule has 0 radical (unpaired) electrons. The molecule has 5 nitrogen and oxygen atoms in total. The van der Waals surface area contributed by atoms with Gasteiger partial charge in [0, 0.05) is 32.6 Å². The minimum absolute atomic E-state index is 0.00456. The minimum atomic E-state index is 0.00456. The number of furan rings is 1. The van der Waals surface area contributed by atoms with Gasteiger partial charge in [0.15, 0.2) is 5.76 Å². The lowest BCUT2D eigenvalue weighted by atomic mass is 10.1. The van der Waals surface area contributed by atoms with Gasteiger partial charge in [-0.2, -0.15) is 0 Å². The van der Waals surface area contributed by atoms with Gasteiger partial charge >= 0.3 is 0 Å². The molecule has 0 bridgehead atoms. The molecule has 3 rings (SSSR count). The maximum atomic E-state index is 12.4. The van der Waals surface area contributed by atoms with E-state index in [2.05, 4.69) is 4.90 Å².